The molecule has 1 aromatic carbocycles. The van der Waals surface area contributed by atoms with Crippen LogP contribution in [-0.2, 0) is 9.53 Å². The topological polar surface area (TPSA) is 42.4 Å². The lowest BCUT2D eigenvalue weighted by Gasteiger charge is -2.31. The first-order valence-corrected chi connectivity index (χ1v) is 10.2. The summed E-state index contributed by atoms with van der Waals surface area (Å²) in [4.78, 5) is 18.6. The lowest BCUT2D eigenvalue weighted by molar-refractivity contribution is -0.149. The van der Waals surface area contributed by atoms with Crippen molar-refractivity contribution in [2.45, 2.75) is 33.1 Å². The molecule has 1 aliphatic rings. The van der Waals surface area contributed by atoms with Gasteiger partial charge in [-0.2, -0.15) is 0 Å². The molecule has 2 heterocycles. The van der Waals surface area contributed by atoms with Crippen molar-refractivity contribution in [2.24, 2.45) is 5.92 Å². The molecular formula is C24H30N2O2. The molecule has 1 aliphatic heterocycles. The molecule has 28 heavy (non-hydrogen) atoms. The van der Waals surface area contributed by atoms with E-state index in [9.17, 15) is 4.79 Å². The van der Waals surface area contributed by atoms with Crippen molar-refractivity contribution in [3.63, 3.8) is 0 Å². The molecule has 1 saturated heterocycles. The molecule has 2 aromatic rings. The molecule has 0 amide bonds. The van der Waals surface area contributed by atoms with Gasteiger partial charge < -0.3 is 9.64 Å². The van der Waals surface area contributed by atoms with Gasteiger partial charge in [0.25, 0.3) is 0 Å². The minimum absolute atomic E-state index is 0.0220. The summed E-state index contributed by atoms with van der Waals surface area (Å²) in [7, 11) is 0. The third-order valence-corrected chi connectivity index (χ3v) is 5.35. The van der Waals surface area contributed by atoms with E-state index in [0.717, 1.165) is 38.9 Å². The Morgan fingerprint density at radius 1 is 1.25 bits per heavy atom. The van der Waals surface area contributed by atoms with Gasteiger partial charge in [-0.05, 0) is 74.1 Å². The van der Waals surface area contributed by atoms with E-state index in [-0.39, 0.29) is 11.9 Å². The van der Waals surface area contributed by atoms with Crippen LogP contribution in [0.4, 0.5) is 0 Å². The number of aryl methyl sites for hydroxylation is 1. The fourth-order valence-electron chi connectivity index (χ4n) is 3.89. The summed E-state index contributed by atoms with van der Waals surface area (Å²) in [6.07, 6.45) is 8.96. The predicted octanol–water partition coefficient (Wildman–Crippen LogP) is 4.49. The minimum atomic E-state index is -0.0415. The number of carbonyl (C=O) groups excluding carboxylic acids is 1. The van der Waals surface area contributed by atoms with Gasteiger partial charge in [-0.25, -0.2) is 0 Å². The van der Waals surface area contributed by atoms with Crippen LogP contribution >= 0.6 is 0 Å². The van der Waals surface area contributed by atoms with Crippen LogP contribution in [0, 0.1) is 12.8 Å². The zero-order valence-corrected chi connectivity index (χ0v) is 16.9. The molecule has 4 nitrogen and oxygen atoms in total. The average molecular weight is 379 g/mol. The molecule has 0 radical (unpaired) electrons. The monoisotopic (exact) mass is 378 g/mol. The number of carbonyl (C=O) groups is 1. The van der Waals surface area contributed by atoms with Gasteiger partial charge in [0.2, 0.25) is 0 Å². The van der Waals surface area contributed by atoms with Crippen LogP contribution < -0.4 is 0 Å². The average Bonchev–Trinajstić information content (AvgIpc) is 2.73. The number of nitrogens with zero attached hydrogens (tertiary/aromatic N) is 2. The predicted molar refractivity (Wildman–Crippen MR) is 113 cm³/mol. The zero-order chi connectivity index (χ0) is 19.8. The van der Waals surface area contributed by atoms with Crippen molar-refractivity contribution < 1.29 is 9.53 Å². The molecule has 4 heteroatoms. The summed E-state index contributed by atoms with van der Waals surface area (Å²) in [5.74, 6) is -0.0196. The third kappa shape index (κ3) is 5.29. The van der Waals surface area contributed by atoms with E-state index in [1.54, 1.807) is 0 Å². The summed E-state index contributed by atoms with van der Waals surface area (Å²) in [5.41, 5.74) is 4.97. The number of aromatic nitrogens is 1. The molecule has 0 N–H and O–H groups in total. The summed E-state index contributed by atoms with van der Waals surface area (Å²) < 4.78 is 5.22. The fraction of sp³-hybridized carbons (Fsp3) is 0.417. The molecule has 148 valence electrons. The van der Waals surface area contributed by atoms with Crippen LogP contribution in [0.15, 0.2) is 54.9 Å². The van der Waals surface area contributed by atoms with E-state index < -0.39 is 0 Å². The maximum atomic E-state index is 12.1. The van der Waals surface area contributed by atoms with Crippen molar-refractivity contribution in [1.82, 2.24) is 9.88 Å². The van der Waals surface area contributed by atoms with Crippen LogP contribution in [0.25, 0.3) is 5.57 Å². The van der Waals surface area contributed by atoms with Gasteiger partial charge in [0.15, 0.2) is 0 Å². The number of pyridine rings is 1. The Hall–Kier alpha value is -2.46. The maximum absolute atomic E-state index is 12.1. The number of hydrogen-bond acceptors (Lipinski definition) is 4. The van der Waals surface area contributed by atoms with Gasteiger partial charge in [0.1, 0.15) is 0 Å². The summed E-state index contributed by atoms with van der Waals surface area (Å²) in [6, 6.07) is 12.6. The lowest BCUT2D eigenvalue weighted by Crippen LogP contribution is -2.39. The second-order valence-electron chi connectivity index (χ2n) is 7.35. The second kappa shape index (κ2) is 10.2. The molecule has 3 rings (SSSR count). The molecular weight excluding hydrogens is 348 g/mol. The second-order valence-corrected chi connectivity index (χ2v) is 7.35. The van der Waals surface area contributed by atoms with Crippen LogP contribution in [0.3, 0.4) is 0 Å². The summed E-state index contributed by atoms with van der Waals surface area (Å²) in [6.45, 7) is 7.30. The van der Waals surface area contributed by atoms with Crippen LogP contribution in [0.2, 0.25) is 0 Å². The largest absolute Gasteiger partial charge is 0.466 e. The van der Waals surface area contributed by atoms with Gasteiger partial charge >= 0.3 is 5.97 Å². The fourth-order valence-corrected chi connectivity index (χ4v) is 3.89. The van der Waals surface area contributed by atoms with Crippen molar-refractivity contribution in [2.75, 3.05) is 26.2 Å². The minimum Gasteiger partial charge on any atom is -0.466 e. The lowest BCUT2D eigenvalue weighted by atomic mass is 9.94. The molecule has 0 bridgehead atoms. The molecule has 0 saturated carbocycles. The standard InChI is InChI=1S/C24H30N2O2/c1-3-28-24(27)21-9-6-16-26(18-21)17-7-11-23(20-12-14-25-15-13-20)22-10-5-4-8-19(22)2/h4-5,8,10-15,21H,3,6-7,9,16-18H2,1-2H3. The number of ether oxygens (including phenoxy) is 1. The van der Waals surface area contributed by atoms with E-state index in [1.165, 1.54) is 22.3 Å². The highest BCUT2D eigenvalue weighted by Gasteiger charge is 2.26. The first-order valence-electron chi connectivity index (χ1n) is 10.2. The maximum Gasteiger partial charge on any atom is 0.310 e. The summed E-state index contributed by atoms with van der Waals surface area (Å²) >= 11 is 0. The van der Waals surface area contributed by atoms with Gasteiger partial charge in [0.05, 0.1) is 12.5 Å². The highest BCUT2D eigenvalue weighted by molar-refractivity contribution is 5.81. The highest BCUT2D eigenvalue weighted by atomic mass is 16.5. The quantitative estimate of drug-likeness (QED) is 0.666. The number of likely N-dealkylation sites (tertiary alicyclic amines) is 1. The van der Waals surface area contributed by atoms with Crippen molar-refractivity contribution in [1.29, 1.82) is 0 Å². The van der Waals surface area contributed by atoms with E-state index in [0.29, 0.717) is 6.61 Å². The number of rotatable bonds is 7. The van der Waals surface area contributed by atoms with Gasteiger partial charge in [-0.3, -0.25) is 9.78 Å². The Balaban J connectivity index is 1.70. The Bertz CT molecular complexity index is 801. The molecule has 1 atom stereocenters. The Kier molecular flexibility index (Phi) is 7.38. The van der Waals surface area contributed by atoms with Gasteiger partial charge in [-0.1, -0.05) is 30.3 Å². The summed E-state index contributed by atoms with van der Waals surface area (Å²) in [5, 5.41) is 0. The normalized spacial score (nSPS) is 18.1. The van der Waals surface area contributed by atoms with Crippen LogP contribution in [-0.4, -0.2) is 42.1 Å². The van der Waals surface area contributed by atoms with E-state index in [4.69, 9.17) is 4.74 Å². The van der Waals surface area contributed by atoms with Crippen molar-refractivity contribution in [3.8, 4) is 0 Å². The Morgan fingerprint density at radius 3 is 2.79 bits per heavy atom. The van der Waals surface area contributed by atoms with Gasteiger partial charge in [0, 0.05) is 25.5 Å². The first-order chi connectivity index (χ1) is 13.7. The van der Waals surface area contributed by atoms with Gasteiger partial charge in [-0.15, -0.1) is 0 Å². The number of hydrogen-bond donors (Lipinski definition) is 0. The molecule has 0 spiro atoms. The van der Waals surface area contributed by atoms with E-state index in [1.807, 2.05) is 19.3 Å². The Morgan fingerprint density at radius 2 is 2.04 bits per heavy atom. The highest BCUT2D eigenvalue weighted by Crippen LogP contribution is 2.26. The molecule has 1 unspecified atom stereocenters. The van der Waals surface area contributed by atoms with Crippen LogP contribution in [0.5, 0.6) is 0 Å². The van der Waals surface area contributed by atoms with Crippen LogP contribution in [0.1, 0.15) is 42.9 Å². The van der Waals surface area contributed by atoms with E-state index >= 15 is 0 Å². The van der Waals surface area contributed by atoms with E-state index in [2.05, 4.69) is 59.3 Å². The number of piperidine rings is 1. The SMILES string of the molecule is CCOC(=O)C1CCCN(CCC=C(c2ccncc2)c2ccccc2C)C1. The molecule has 0 aliphatic carbocycles. The smallest absolute Gasteiger partial charge is 0.310 e. The number of esters is 1. The van der Waals surface area contributed by atoms with Crippen molar-refractivity contribution >= 4 is 11.5 Å². The molecule has 1 fully saturated rings. The first kappa shape index (κ1) is 20.3. The van der Waals surface area contributed by atoms with Crippen molar-refractivity contribution in [3.05, 3.63) is 71.6 Å². The number of benzene rings is 1. The third-order valence-electron chi connectivity index (χ3n) is 5.35. The zero-order valence-electron chi connectivity index (χ0n) is 16.9. The molecule has 1 aromatic heterocycles. The Labute approximate surface area is 168 Å².